The third-order valence-corrected chi connectivity index (χ3v) is 5.46. The zero-order valence-corrected chi connectivity index (χ0v) is 15.5. The molecule has 0 saturated carbocycles. The lowest BCUT2D eigenvalue weighted by Crippen LogP contribution is -2.53. The van der Waals surface area contributed by atoms with Crippen molar-refractivity contribution in [3.8, 4) is 0 Å². The minimum absolute atomic E-state index is 0.101. The van der Waals surface area contributed by atoms with Gasteiger partial charge in [-0.25, -0.2) is 0 Å². The summed E-state index contributed by atoms with van der Waals surface area (Å²) in [5, 5.41) is 4.65. The maximum Gasteiger partial charge on any atom is 0.251 e. The predicted octanol–water partition coefficient (Wildman–Crippen LogP) is 3.01. The number of halogens is 2. The fourth-order valence-corrected chi connectivity index (χ4v) is 3.54. The maximum absolute atomic E-state index is 12.4. The second-order valence-corrected chi connectivity index (χ2v) is 7.02. The first-order valence-electron chi connectivity index (χ1n) is 7.96. The van der Waals surface area contributed by atoms with Gasteiger partial charge in [0.25, 0.3) is 5.91 Å². The summed E-state index contributed by atoms with van der Waals surface area (Å²) >= 11 is 17.6. The van der Waals surface area contributed by atoms with Gasteiger partial charge in [-0.1, -0.05) is 29.3 Å². The number of nitrogens with zero attached hydrogens (tertiary/aromatic N) is 2. The summed E-state index contributed by atoms with van der Waals surface area (Å²) in [5.74, 6) is 0.101. The standard InChI is InChI=1S/C16H19Cl2N3O2S/c17-11-3-1-4-12(14(11)18)19-16(24)21-8-6-20(7-9-21)15(22)13-5-2-10-23-13/h1,3-4,13H,2,5-10H2,(H,19,24). The van der Waals surface area contributed by atoms with E-state index in [2.05, 4.69) is 5.32 Å². The van der Waals surface area contributed by atoms with Gasteiger partial charge in [-0.15, -0.1) is 0 Å². The van der Waals surface area contributed by atoms with Crippen LogP contribution in [-0.4, -0.2) is 59.7 Å². The smallest absolute Gasteiger partial charge is 0.251 e. The van der Waals surface area contributed by atoms with E-state index < -0.39 is 0 Å². The lowest BCUT2D eigenvalue weighted by molar-refractivity contribution is -0.142. The summed E-state index contributed by atoms with van der Waals surface area (Å²) in [6.45, 7) is 3.34. The first kappa shape index (κ1) is 17.7. The van der Waals surface area contributed by atoms with Gasteiger partial charge >= 0.3 is 0 Å². The van der Waals surface area contributed by atoms with Crippen molar-refractivity contribution in [3.05, 3.63) is 28.2 Å². The fraction of sp³-hybridized carbons (Fsp3) is 0.500. The number of benzene rings is 1. The Morgan fingerprint density at radius 3 is 2.58 bits per heavy atom. The number of anilines is 1. The molecule has 2 fully saturated rings. The van der Waals surface area contributed by atoms with E-state index in [1.54, 1.807) is 6.07 Å². The van der Waals surface area contributed by atoms with Crippen LogP contribution in [0.15, 0.2) is 18.2 Å². The first-order valence-corrected chi connectivity index (χ1v) is 9.13. The van der Waals surface area contributed by atoms with Crippen molar-refractivity contribution in [2.24, 2.45) is 0 Å². The molecule has 0 bridgehead atoms. The average molecular weight is 388 g/mol. The van der Waals surface area contributed by atoms with Crippen LogP contribution >= 0.6 is 35.4 Å². The van der Waals surface area contributed by atoms with Crippen molar-refractivity contribution in [3.63, 3.8) is 0 Å². The highest BCUT2D eigenvalue weighted by Gasteiger charge is 2.30. The summed E-state index contributed by atoms with van der Waals surface area (Å²) in [6, 6.07) is 5.38. The number of hydrogen-bond donors (Lipinski definition) is 1. The molecule has 1 aromatic rings. The minimum atomic E-state index is -0.258. The summed E-state index contributed by atoms with van der Waals surface area (Å²) in [6.07, 6.45) is 1.53. The van der Waals surface area contributed by atoms with E-state index in [4.69, 9.17) is 40.2 Å². The van der Waals surface area contributed by atoms with Gasteiger partial charge in [0.2, 0.25) is 0 Å². The van der Waals surface area contributed by atoms with Crippen LogP contribution in [0.1, 0.15) is 12.8 Å². The number of hydrogen-bond acceptors (Lipinski definition) is 3. The molecule has 130 valence electrons. The number of amides is 1. The molecule has 1 unspecified atom stereocenters. The molecule has 24 heavy (non-hydrogen) atoms. The van der Waals surface area contributed by atoms with Crippen LogP contribution in [0.25, 0.3) is 0 Å². The number of carbonyl (C=O) groups excluding carboxylic acids is 1. The molecule has 0 spiro atoms. The number of ether oxygens (including phenoxy) is 1. The molecule has 3 rings (SSSR count). The first-order chi connectivity index (χ1) is 11.6. The van der Waals surface area contributed by atoms with Crippen LogP contribution in [0.2, 0.25) is 10.0 Å². The van der Waals surface area contributed by atoms with Gasteiger partial charge in [-0.3, -0.25) is 4.79 Å². The number of piperazine rings is 1. The summed E-state index contributed by atoms with van der Waals surface area (Å²) < 4.78 is 5.48. The van der Waals surface area contributed by atoms with Gasteiger partial charge in [-0.2, -0.15) is 0 Å². The predicted molar refractivity (Wildman–Crippen MR) is 99.8 cm³/mol. The normalized spacial score (nSPS) is 21.0. The van der Waals surface area contributed by atoms with E-state index in [0.29, 0.717) is 53.6 Å². The largest absolute Gasteiger partial charge is 0.368 e. The Hall–Kier alpha value is -1.08. The molecule has 1 N–H and O–H groups in total. The molecule has 5 nitrogen and oxygen atoms in total. The van der Waals surface area contributed by atoms with E-state index in [1.807, 2.05) is 21.9 Å². The van der Waals surface area contributed by atoms with Crippen LogP contribution < -0.4 is 5.32 Å². The molecule has 1 aromatic carbocycles. The average Bonchev–Trinajstić information content (AvgIpc) is 3.13. The quantitative estimate of drug-likeness (QED) is 0.790. The van der Waals surface area contributed by atoms with Gasteiger partial charge < -0.3 is 19.9 Å². The van der Waals surface area contributed by atoms with E-state index in [9.17, 15) is 4.79 Å². The van der Waals surface area contributed by atoms with E-state index in [1.165, 1.54) is 0 Å². The highest BCUT2D eigenvalue weighted by atomic mass is 35.5. The Bertz CT molecular complexity index is 630. The fourth-order valence-electron chi connectivity index (χ4n) is 2.90. The van der Waals surface area contributed by atoms with Gasteiger partial charge in [0.1, 0.15) is 6.10 Å². The SMILES string of the molecule is O=C(C1CCCO1)N1CCN(C(=S)Nc2cccc(Cl)c2Cl)CC1. The van der Waals surface area contributed by atoms with Crippen LogP contribution in [0, 0.1) is 0 Å². The van der Waals surface area contributed by atoms with Crippen LogP contribution in [0.3, 0.4) is 0 Å². The highest BCUT2D eigenvalue weighted by Crippen LogP contribution is 2.29. The van der Waals surface area contributed by atoms with Gasteiger partial charge in [0.05, 0.1) is 15.7 Å². The second-order valence-electron chi connectivity index (χ2n) is 5.85. The molecule has 1 amide bonds. The molecule has 2 saturated heterocycles. The molecule has 1 atom stereocenters. The number of rotatable bonds is 2. The Kier molecular flexibility index (Phi) is 5.81. The zero-order valence-electron chi connectivity index (χ0n) is 13.1. The van der Waals surface area contributed by atoms with Crippen molar-refractivity contribution in [1.29, 1.82) is 0 Å². The van der Waals surface area contributed by atoms with Crippen molar-refractivity contribution < 1.29 is 9.53 Å². The van der Waals surface area contributed by atoms with Gasteiger partial charge in [0.15, 0.2) is 5.11 Å². The summed E-state index contributed by atoms with van der Waals surface area (Å²) in [7, 11) is 0. The van der Waals surface area contributed by atoms with Crippen LogP contribution in [0.4, 0.5) is 5.69 Å². The van der Waals surface area contributed by atoms with E-state index >= 15 is 0 Å². The lowest BCUT2D eigenvalue weighted by Gasteiger charge is -2.37. The minimum Gasteiger partial charge on any atom is -0.368 e. The number of thiocarbonyl (C=S) groups is 1. The maximum atomic E-state index is 12.4. The summed E-state index contributed by atoms with van der Waals surface area (Å²) in [4.78, 5) is 16.2. The Morgan fingerprint density at radius 2 is 1.92 bits per heavy atom. The van der Waals surface area contributed by atoms with Gasteiger partial charge in [0, 0.05) is 32.8 Å². The third kappa shape index (κ3) is 3.94. The van der Waals surface area contributed by atoms with Crippen molar-refractivity contribution in [2.75, 3.05) is 38.1 Å². The van der Waals surface area contributed by atoms with Crippen LogP contribution in [0.5, 0.6) is 0 Å². The Morgan fingerprint density at radius 1 is 1.21 bits per heavy atom. The van der Waals surface area contributed by atoms with Crippen molar-refractivity contribution >= 4 is 52.1 Å². The van der Waals surface area contributed by atoms with Crippen molar-refractivity contribution in [2.45, 2.75) is 18.9 Å². The molecular weight excluding hydrogens is 369 g/mol. The number of carbonyl (C=O) groups is 1. The lowest BCUT2D eigenvalue weighted by atomic mass is 10.2. The van der Waals surface area contributed by atoms with Crippen molar-refractivity contribution in [1.82, 2.24) is 9.80 Å². The Balaban J connectivity index is 1.53. The van der Waals surface area contributed by atoms with Crippen LogP contribution in [-0.2, 0) is 9.53 Å². The van der Waals surface area contributed by atoms with E-state index in [0.717, 1.165) is 12.8 Å². The second kappa shape index (κ2) is 7.87. The zero-order chi connectivity index (χ0) is 17.1. The number of nitrogens with one attached hydrogen (secondary N) is 1. The highest BCUT2D eigenvalue weighted by molar-refractivity contribution is 7.80. The Labute approximate surface area is 156 Å². The van der Waals surface area contributed by atoms with Gasteiger partial charge in [-0.05, 0) is 37.2 Å². The molecule has 0 aromatic heterocycles. The molecule has 0 radical (unpaired) electrons. The van der Waals surface area contributed by atoms with E-state index in [-0.39, 0.29) is 12.0 Å². The molecule has 2 aliphatic heterocycles. The third-order valence-electron chi connectivity index (χ3n) is 4.28. The molecule has 2 heterocycles. The topological polar surface area (TPSA) is 44.8 Å². The monoisotopic (exact) mass is 387 g/mol. The molecular formula is C16H19Cl2N3O2S. The molecule has 2 aliphatic rings. The summed E-state index contributed by atoms with van der Waals surface area (Å²) in [5.41, 5.74) is 0.687. The molecule has 8 heteroatoms. The molecule has 0 aliphatic carbocycles.